The van der Waals surface area contributed by atoms with Crippen LogP contribution in [0.3, 0.4) is 0 Å². The first-order valence-electron chi connectivity index (χ1n) is 10.4. The van der Waals surface area contributed by atoms with Crippen LogP contribution in [0.15, 0.2) is 35.4 Å². The SMILES string of the molecule is Cc1cccc(S(=O)(=O)NCCC(=O)N2CCc3cnc(N4CCOCC4)nc3C2)c1. The van der Waals surface area contributed by atoms with E-state index in [0.29, 0.717) is 38.7 Å². The number of amides is 1. The zero-order valence-electron chi connectivity index (χ0n) is 17.6. The van der Waals surface area contributed by atoms with Crippen molar-refractivity contribution < 1.29 is 17.9 Å². The molecule has 1 N–H and O–H groups in total. The number of carbonyl (C=O) groups is 1. The lowest BCUT2D eigenvalue weighted by Gasteiger charge is -2.30. The zero-order valence-corrected chi connectivity index (χ0v) is 18.4. The van der Waals surface area contributed by atoms with Gasteiger partial charge in [-0.15, -0.1) is 0 Å². The first-order valence-corrected chi connectivity index (χ1v) is 11.9. The number of aryl methyl sites for hydroxylation is 1. The molecule has 0 bridgehead atoms. The van der Waals surface area contributed by atoms with E-state index in [1.54, 1.807) is 23.1 Å². The highest BCUT2D eigenvalue weighted by molar-refractivity contribution is 7.89. The highest BCUT2D eigenvalue weighted by Gasteiger charge is 2.24. The van der Waals surface area contributed by atoms with Crippen LogP contribution >= 0.6 is 0 Å². The summed E-state index contributed by atoms with van der Waals surface area (Å²) in [6.07, 6.45) is 2.65. The van der Waals surface area contributed by atoms with Crippen LogP contribution in [0.1, 0.15) is 23.2 Å². The monoisotopic (exact) mass is 445 g/mol. The number of rotatable bonds is 6. The van der Waals surface area contributed by atoms with E-state index in [0.717, 1.165) is 29.9 Å². The Kier molecular flexibility index (Phi) is 6.49. The van der Waals surface area contributed by atoms with Crippen LogP contribution in [0, 0.1) is 6.92 Å². The summed E-state index contributed by atoms with van der Waals surface area (Å²) in [5.74, 6) is 0.575. The molecule has 1 aromatic carbocycles. The lowest BCUT2D eigenvalue weighted by atomic mass is 10.1. The summed E-state index contributed by atoms with van der Waals surface area (Å²) in [4.78, 5) is 25.9. The van der Waals surface area contributed by atoms with E-state index in [-0.39, 0.29) is 23.8 Å². The molecule has 2 aliphatic rings. The predicted octanol–water partition coefficient (Wildman–Crippen LogP) is 0.875. The van der Waals surface area contributed by atoms with Crippen molar-refractivity contribution >= 4 is 21.9 Å². The fourth-order valence-corrected chi connectivity index (χ4v) is 4.87. The number of benzene rings is 1. The Morgan fingerprint density at radius 2 is 2.03 bits per heavy atom. The molecule has 1 aromatic heterocycles. The molecule has 0 unspecified atom stereocenters. The van der Waals surface area contributed by atoms with Gasteiger partial charge in [0.2, 0.25) is 21.9 Å². The highest BCUT2D eigenvalue weighted by Crippen LogP contribution is 2.20. The quantitative estimate of drug-likeness (QED) is 0.704. The Balaban J connectivity index is 1.34. The average molecular weight is 446 g/mol. The zero-order chi connectivity index (χ0) is 21.8. The topological polar surface area (TPSA) is 105 Å². The average Bonchev–Trinajstić information content (AvgIpc) is 2.78. The van der Waals surface area contributed by atoms with Gasteiger partial charge in [0.25, 0.3) is 0 Å². The van der Waals surface area contributed by atoms with Crippen molar-refractivity contribution in [2.75, 3.05) is 44.3 Å². The van der Waals surface area contributed by atoms with Crippen LogP contribution in [0.5, 0.6) is 0 Å². The van der Waals surface area contributed by atoms with Gasteiger partial charge in [0.15, 0.2) is 0 Å². The minimum atomic E-state index is -3.63. The first-order chi connectivity index (χ1) is 14.9. The molecule has 10 heteroatoms. The van der Waals surface area contributed by atoms with Gasteiger partial charge < -0.3 is 14.5 Å². The lowest BCUT2D eigenvalue weighted by molar-refractivity contribution is -0.132. The maximum atomic E-state index is 12.7. The summed E-state index contributed by atoms with van der Waals surface area (Å²) in [5, 5.41) is 0. The van der Waals surface area contributed by atoms with Crippen LogP contribution in [-0.2, 0) is 32.5 Å². The second-order valence-electron chi connectivity index (χ2n) is 7.77. The molecule has 166 valence electrons. The number of anilines is 1. The van der Waals surface area contributed by atoms with Crippen LogP contribution < -0.4 is 9.62 Å². The number of hydrogen-bond donors (Lipinski definition) is 1. The Hall–Kier alpha value is -2.56. The molecular formula is C21H27N5O4S. The summed E-state index contributed by atoms with van der Waals surface area (Å²) in [5.41, 5.74) is 2.78. The van der Waals surface area contributed by atoms with Crippen molar-refractivity contribution in [3.8, 4) is 0 Å². The van der Waals surface area contributed by atoms with E-state index in [9.17, 15) is 13.2 Å². The van der Waals surface area contributed by atoms with Crippen molar-refractivity contribution in [3.05, 3.63) is 47.3 Å². The van der Waals surface area contributed by atoms with E-state index in [4.69, 9.17) is 9.72 Å². The number of hydrogen-bond acceptors (Lipinski definition) is 7. The number of sulfonamides is 1. The van der Waals surface area contributed by atoms with E-state index >= 15 is 0 Å². The van der Waals surface area contributed by atoms with E-state index in [1.165, 1.54) is 0 Å². The summed E-state index contributed by atoms with van der Waals surface area (Å²) in [7, 11) is -3.63. The fraction of sp³-hybridized carbons (Fsp3) is 0.476. The summed E-state index contributed by atoms with van der Waals surface area (Å²) in [6, 6.07) is 6.69. The molecular weight excluding hydrogens is 418 g/mol. The number of ether oxygens (including phenoxy) is 1. The van der Waals surface area contributed by atoms with E-state index < -0.39 is 10.0 Å². The Bertz CT molecular complexity index is 1050. The van der Waals surface area contributed by atoms with Crippen LogP contribution in [-0.4, -0.2) is 68.6 Å². The summed E-state index contributed by atoms with van der Waals surface area (Å²) in [6.45, 7) is 5.71. The number of carbonyl (C=O) groups excluding carboxylic acids is 1. The molecule has 1 fully saturated rings. The third-order valence-electron chi connectivity index (χ3n) is 5.51. The van der Waals surface area contributed by atoms with Crippen molar-refractivity contribution in [2.45, 2.75) is 31.2 Å². The number of nitrogens with one attached hydrogen (secondary N) is 1. The van der Waals surface area contributed by atoms with Gasteiger partial charge in [-0.2, -0.15) is 0 Å². The Labute approximate surface area is 182 Å². The van der Waals surface area contributed by atoms with Crippen molar-refractivity contribution in [1.82, 2.24) is 19.6 Å². The van der Waals surface area contributed by atoms with E-state index in [2.05, 4.69) is 14.6 Å². The summed E-state index contributed by atoms with van der Waals surface area (Å²) >= 11 is 0. The lowest BCUT2D eigenvalue weighted by Crippen LogP contribution is -2.40. The standard InChI is InChI=1S/C21H27N5O4S/c1-16-3-2-4-18(13-16)31(28,29)23-7-5-20(27)26-8-6-17-14-22-21(24-19(17)15-26)25-9-11-30-12-10-25/h2-4,13-14,23H,5-12,15H2,1H3. The van der Waals surface area contributed by atoms with Gasteiger partial charge in [-0.05, 0) is 36.6 Å². The number of aromatic nitrogens is 2. The highest BCUT2D eigenvalue weighted by atomic mass is 32.2. The second kappa shape index (κ2) is 9.29. The van der Waals surface area contributed by atoms with Crippen molar-refractivity contribution in [2.24, 2.45) is 0 Å². The predicted molar refractivity (Wildman–Crippen MR) is 115 cm³/mol. The van der Waals surface area contributed by atoms with Gasteiger partial charge in [0.05, 0.1) is 30.3 Å². The maximum absolute atomic E-state index is 12.7. The van der Waals surface area contributed by atoms with Crippen molar-refractivity contribution in [3.63, 3.8) is 0 Å². The molecule has 31 heavy (non-hydrogen) atoms. The fourth-order valence-electron chi connectivity index (χ4n) is 3.74. The van der Waals surface area contributed by atoms with Crippen LogP contribution in [0.2, 0.25) is 0 Å². The molecule has 4 rings (SSSR count). The molecule has 0 radical (unpaired) electrons. The minimum absolute atomic E-state index is 0.0568. The molecule has 1 saturated heterocycles. The van der Waals surface area contributed by atoms with Crippen LogP contribution in [0.25, 0.3) is 0 Å². The van der Waals surface area contributed by atoms with Gasteiger partial charge in [0.1, 0.15) is 0 Å². The molecule has 3 heterocycles. The second-order valence-corrected chi connectivity index (χ2v) is 9.54. The molecule has 9 nitrogen and oxygen atoms in total. The van der Waals surface area contributed by atoms with Gasteiger partial charge in [0, 0.05) is 38.8 Å². The van der Waals surface area contributed by atoms with Gasteiger partial charge in [-0.25, -0.2) is 23.1 Å². The third kappa shape index (κ3) is 5.20. The normalized spacial score (nSPS) is 16.8. The molecule has 1 amide bonds. The molecule has 0 spiro atoms. The van der Waals surface area contributed by atoms with Crippen LogP contribution in [0.4, 0.5) is 5.95 Å². The molecule has 2 aromatic rings. The van der Waals surface area contributed by atoms with Gasteiger partial charge >= 0.3 is 0 Å². The number of nitrogens with zero attached hydrogens (tertiary/aromatic N) is 4. The molecule has 2 aliphatic heterocycles. The largest absolute Gasteiger partial charge is 0.378 e. The van der Waals surface area contributed by atoms with Crippen molar-refractivity contribution in [1.29, 1.82) is 0 Å². The first kappa shape index (κ1) is 21.7. The summed E-state index contributed by atoms with van der Waals surface area (Å²) < 4.78 is 32.8. The third-order valence-corrected chi connectivity index (χ3v) is 6.97. The minimum Gasteiger partial charge on any atom is -0.378 e. The molecule has 0 saturated carbocycles. The maximum Gasteiger partial charge on any atom is 0.240 e. The Morgan fingerprint density at radius 1 is 1.23 bits per heavy atom. The molecule has 0 atom stereocenters. The van der Waals surface area contributed by atoms with Gasteiger partial charge in [-0.1, -0.05) is 12.1 Å². The van der Waals surface area contributed by atoms with Gasteiger partial charge in [-0.3, -0.25) is 4.79 Å². The smallest absolute Gasteiger partial charge is 0.240 e. The molecule has 0 aliphatic carbocycles. The van der Waals surface area contributed by atoms with E-state index in [1.807, 2.05) is 19.2 Å². The number of morpholine rings is 1. The number of fused-ring (bicyclic) bond motifs is 1. The Morgan fingerprint density at radius 3 is 2.81 bits per heavy atom.